The molecule has 0 unspecified atom stereocenters. The van der Waals surface area contributed by atoms with Gasteiger partial charge in [-0.05, 0) is 43.5 Å². The fourth-order valence-corrected chi connectivity index (χ4v) is 3.11. The van der Waals surface area contributed by atoms with Gasteiger partial charge < -0.3 is 10.0 Å². The van der Waals surface area contributed by atoms with E-state index in [1.54, 1.807) is 6.20 Å². The maximum absolute atomic E-state index is 10.9. The molecule has 0 aliphatic carbocycles. The highest BCUT2D eigenvalue weighted by atomic mass is 16.3. The van der Waals surface area contributed by atoms with Crippen LogP contribution in [0.25, 0.3) is 10.9 Å². The van der Waals surface area contributed by atoms with Crippen LogP contribution in [0.15, 0.2) is 36.5 Å². The molecule has 0 radical (unpaired) electrons. The number of nitrogens with zero attached hydrogens (tertiary/aromatic N) is 2. The first-order valence-electron chi connectivity index (χ1n) is 7.51. The van der Waals surface area contributed by atoms with Crippen LogP contribution in [0.1, 0.15) is 31.7 Å². The molecule has 2 aromatic rings. The summed E-state index contributed by atoms with van der Waals surface area (Å²) in [5.74, 6) is 0. The smallest absolute Gasteiger partial charge is 0.0921 e. The van der Waals surface area contributed by atoms with E-state index in [1.165, 1.54) is 6.42 Å². The fraction of sp³-hybridized carbons (Fsp3) is 0.471. The number of aromatic nitrogens is 1. The third kappa shape index (κ3) is 2.56. The first-order chi connectivity index (χ1) is 9.71. The molecule has 0 spiro atoms. The molecular formula is C17H22N2O. The van der Waals surface area contributed by atoms with Crippen LogP contribution in [0.4, 0.5) is 0 Å². The maximum atomic E-state index is 10.9. The van der Waals surface area contributed by atoms with Gasteiger partial charge in [0.1, 0.15) is 0 Å². The fourth-order valence-electron chi connectivity index (χ4n) is 3.11. The maximum Gasteiger partial charge on any atom is 0.0921 e. The molecule has 1 fully saturated rings. The largest absolute Gasteiger partial charge is 0.385 e. The van der Waals surface area contributed by atoms with Gasteiger partial charge in [0.05, 0.1) is 11.1 Å². The minimum Gasteiger partial charge on any atom is -0.385 e. The second-order valence-electron chi connectivity index (χ2n) is 5.78. The zero-order chi connectivity index (χ0) is 14.0. The summed E-state index contributed by atoms with van der Waals surface area (Å²) in [4.78, 5) is 6.83. The zero-order valence-electron chi connectivity index (χ0n) is 12.0. The standard InChI is InChI=1S/C17H22N2O/c1-2-10-19-11-7-17(20,8-12-19)15-6-5-14-4-3-9-18-16(14)13-15/h3-6,9,13,20H,2,7-8,10-12H2,1H3. The molecule has 1 saturated heterocycles. The summed E-state index contributed by atoms with van der Waals surface area (Å²) in [6.07, 6.45) is 4.61. The van der Waals surface area contributed by atoms with Gasteiger partial charge in [-0.2, -0.15) is 0 Å². The molecule has 1 aromatic heterocycles. The Morgan fingerprint density at radius 3 is 2.80 bits per heavy atom. The molecule has 1 aliphatic rings. The van der Waals surface area contributed by atoms with E-state index in [1.807, 2.05) is 12.1 Å². The predicted octanol–water partition coefficient (Wildman–Crippen LogP) is 2.93. The van der Waals surface area contributed by atoms with Gasteiger partial charge in [0, 0.05) is 24.7 Å². The summed E-state index contributed by atoms with van der Waals surface area (Å²) in [7, 11) is 0. The van der Waals surface area contributed by atoms with Crippen LogP contribution >= 0.6 is 0 Å². The number of hydrogen-bond acceptors (Lipinski definition) is 3. The topological polar surface area (TPSA) is 36.4 Å². The monoisotopic (exact) mass is 270 g/mol. The van der Waals surface area contributed by atoms with Gasteiger partial charge >= 0.3 is 0 Å². The van der Waals surface area contributed by atoms with E-state index in [0.29, 0.717) is 0 Å². The first kappa shape index (κ1) is 13.5. The van der Waals surface area contributed by atoms with Gasteiger partial charge in [-0.3, -0.25) is 4.98 Å². The molecule has 2 heterocycles. The number of hydrogen-bond donors (Lipinski definition) is 1. The van der Waals surface area contributed by atoms with Crippen molar-refractivity contribution in [1.82, 2.24) is 9.88 Å². The van der Waals surface area contributed by atoms with Crippen molar-refractivity contribution in [3.05, 3.63) is 42.1 Å². The zero-order valence-corrected chi connectivity index (χ0v) is 12.0. The Kier molecular flexibility index (Phi) is 3.72. The lowest BCUT2D eigenvalue weighted by atomic mass is 9.84. The summed E-state index contributed by atoms with van der Waals surface area (Å²) in [6, 6.07) is 10.2. The quantitative estimate of drug-likeness (QED) is 0.931. The van der Waals surface area contributed by atoms with Crippen LogP contribution in [-0.2, 0) is 5.60 Å². The molecule has 1 aliphatic heterocycles. The van der Waals surface area contributed by atoms with Crippen LogP contribution < -0.4 is 0 Å². The van der Waals surface area contributed by atoms with E-state index in [4.69, 9.17) is 0 Å². The number of aliphatic hydroxyl groups is 1. The van der Waals surface area contributed by atoms with Gasteiger partial charge in [-0.1, -0.05) is 25.1 Å². The highest BCUT2D eigenvalue weighted by Gasteiger charge is 2.33. The Morgan fingerprint density at radius 2 is 2.05 bits per heavy atom. The molecule has 20 heavy (non-hydrogen) atoms. The molecule has 0 amide bonds. The lowest BCUT2D eigenvalue weighted by molar-refractivity contribution is -0.0256. The van der Waals surface area contributed by atoms with Gasteiger partial charge in [0.25, 0.3) is 0 Å². The summed E-state index contributed by atoms with van der Waals surface area (Å²) in [5.41, 5.74) is 1.30. The van der Waals surface area contributed by atoms with Crippen molar-refractivity contribution in [3.8, 4) is 0 Å². The summed E-state index contributed by atoms with van der Waals surface area (Å²) < 4.78 is 0. The van der Waals surface area contributed by atoms with E-state index >= 15 is 0 Å². The van der Waals surface area contributed by atoms with Crippen molar-refractivity contribution in [3.63, 3.8) is 0 Å². The van der Waals surface area contributed by atoms with Crippen molar-refractivity contribution in [2.75, 3.05) is 19.6 Å². The molecule has 0 bridgehead atoms. The van der Waals surface area contributed by atoms with E-state index in [9.17, 15) is 5.11 Å². The van der Waals surface area contributed by atoms with Gasteiger partial charge in [-0.15, -0.1) is 0 Å². The molecule has 0 saturated carbocycles. The molecule has 106 valence electrons. The van der Waals surface area contributed by atoms with Crippen molar-refractivity contribution in [2.24, 2.45) is 0 Å². The van der Waals surface area contributed by atoms with Crippen molar-refractivity contribution >= 4 is 10.9 Å². The number of benzene rings is 1. The van der Waals surface area contributed by atoms with Gasteiger partial charge in [0.2, 0.25) is 0 Å². The molecule has 1 N–H and O–H groups in total. The summed E-state index contributed by atoms with van der Waals surface area (Å²) >= 11 is 0. The predicted molar refractivity (Wildman–Crippen MR) is 81.6 cm³/mol. The highest BCUT2D eigenvalue weighted by molar-refractivity contribution is 5.79. The van der Waals surface area contributed by atoms with Crippen molar-refractivity contribution in [1.29, 1.82) is 0 Å². The minimum absolute atomic E-state index is 0.685. The van der Waals surface area contributed by atoms with E-state index < -0.39 is 5.60 Å². The number of likely N-dealkylation sites (tertiary alicyclic amines) is 1. The molecule has 3 heteroatoms. The molecular weight excluding hydrogens is 248 g/mol. The van der Waals surface area contributed by atoms with Gasteiger partial charge in [0.15, 0.2) is 0 Å². The second-order valence-corrected chi connectivity index (χ2v) is 5.78. The normalized spacial score (nSPS) is 19.3. The van der Waals surface area contributed by atoms with Gasteiger partial charge in [-0.25, -0.2) is 0 Å². The van der Waals surface area contributed by atoms with Crippen molar-refractivity contribution in [2.45, 2.75) is 31.8 Å². The van der Waals surface area contributed by atoms with Crippen LogP contribution in [0, 0.1) is 0 Å². The molecule has 3 rings (SSSR count). The second kappa shape index (κ2) is 5.51. The molecule has 3 nitrogen and oxygen atoms in total. The highest BCUT2D eigenvalue weighted by Crippen LogP contribution is 2.34. The van der Waals surface area contributed by atoms with Crippen LogP contribution in [-0.4, -0.2) is 34.6 Å². The van der Waals surface area contributed by atoms with Crippen molar-refractivity contribution < 1.29 is 5.11 Å². The number of piperidine rings is 1. The number of fused-ring (bicyclic) bond motifs is 1. The Hall–Kier alpha value is -1.45. The van der Waals surface area contributed by atoms with Crippen LogP contribution in [0.2, 0.25) is 0 Å². The average Bonchev–Trinajstić information content (AvgIpc) is 2.49. The summed E-state index contributed by atoms with van der Waals surface area (Å²) in [6.45, 7) is 5.29. The summed E-state index contributed by atoms with van der Waals surface area (Å²) in [5, 5.41) is 12.1. The van der Waals surface area contributed by atoms with Crippen LogP contribution in [0.5, 0.6) is 0 Å². The average molecular weight is 270 g/mol. The number of rotatable bonds is 3. The van der Waals surface area contributed by atoms with E-state index in [2.05, 4.69) is 35.0 Å². The molecule has 0 atom stereocenters. The lowest BCUT2D eigenvalue weighted by Crippen LogP contribution is -2.42. The van der Waals surface area contributed by atoms with Crippen LogP contribution in [0.3, 0.4) is 0 Å². The van der Waals surface area contributed by atoms with E-state index in [-0.39, 0.29) is 0 Å². The SMILES string of the molecule is CCCN1CCC(O)(c2ccc3cccnc3c2)CC1. The third-order valence-corrected chi connectivity index (χ3v) is 4.37. The Labute approximate surface area is 120 Å². The Balaban J connectivity index is 1.83. The third-order valence-electron chi connectivity index (χ3n) is 4.37. The minimum atomic E-state index is -0.685. The number of pyridine rings is 1. The Morgan fingerprint density at radius 1 is 1.25 bits per heavy atom. The lowest BCUT2D eigenvalue weighted by Gasteiger charge is -2.38. The van der Waals surface area contributed by atoms with E-state index in [0.717, 1.165) is 48.9 Å². The molecule has 1 aromatic carbocycles. The Bertz CT molecular complexity index is 588. The first-order valence-corrected chi connectivity index (χ1v) is 7.51.